The summed E-state index contributed by atoms with van der Waals surface area (Å²) in [5.74, 6) is 4.06. The fraction of sp³-hybridized carbons (Fsp3) is 0.826. The van der Waals surface area contributed by atoms with E-state index < -0.39 is 0 Å². The molecule has 1 saturated heterocycles. The summed E-state index contributed by atoms with van der Waals surface area (Å²) in [5, 5.41) is 0. The first-order chi connectivity index (χ1) is 12.4. The number of carbonyl (C=O) groups is 2. The fourth-order valence-corrected chi connectivity index (χ4v) is 8.84. The minimum Gasteiger partial charge on any atom is -0.458 e. The van der Waals surface area contributed by atoms with Gasteiger partial charge in [-0.15, -0.1) is 0 Å². The van der Waals surface area contributed by atoms with E-state index >= 15 is 0 Å². The van der Waals surface area contributed by atoms with Gasteiger partial charge in [0.25, 0.3) is 0 Å². The van der Waals surface area contributed by atoms with Gasteiger partial charge in [0.1, 0.15) is 11.4 Å². The maximum atomic E-state index is 12.1. The Labute approximate surface area is 155 Å². The molecule has 5 unspecified atom stereocenters. The van der Waals surface area contributed by atoms with Gasteiger partial charge >= 0.3 is 5.97 Å². The Morgan fingerprint density at radius 3 is 2.65 bits per heavy atom. The summed E-state index contributed by atoms with van der Waals surface area (Å²) in [6.45, 7) is 4.92. The molecule has 1 spiro atoms. The SMILES string of the molecule is C[C@]12CCC(=O)CC1=CCC1C2CC[C@@]2(C)C1C1CC1[C@@]21CCC(=O)O1. The van der Waals surface area contributed by atoms with Crippen LogP contribution in [0.2, 0.25) is 0 Å². The Morgan fingerprint density at radius 1 is 1.04 bits per heavy atom. The molecule has 6 aliphatic rings. The molecule has 1 heterocycles. The Bertz CT molecular complexity index is 753. The molecule has 5 aliphatic carbocycles. The van der Waals surface area contributed by atoms with Crippen LogP contribution < -0.4 is 0 Å². The number of esters is 1. The predicted octanol–water partition coefficient (Wildman–Crippen LogP) is 4.45. The van der Waals surface area contributed by atoms with Gasteiger partial charge in [-0.05, 0) is 67.6 Å². The van der Waals surface area contributed by atoms with Crippen molar-refractivity contribution in [3.8, 4) is 0 Å². The van der Waals surface area contributed by atoms with E-state index in [1.165, 1.54) is 24.8 Å². The van der Waals surface area contributed by atoms with Crippen molar-refractivity contribution in [3.05, 3.63) is 11.6 Å². The third-order valence-corrected chi connectivity index (χ3v) is 10.1. The molecule has 3 nitrogen and oxygen atoms in total. The number of ketones is 1. The maximum absolute atomic E-state index is 12.1. The van der Waals surface area contributed by atoms with Crippen molar-refractivity contribution in [2.45, 2.75) is 77.2 Å². The van der Waals surface area contributed by atoms with Gasteiger partial charge in [0.05, 0.1) is 0 Å². The number of Topliss-reactive ketones (excluding diaryl/α,β-unsaturated/α-hetero) is 1. The predicted molar refractivity (Wildman–Crippen MR) is 97.1 cm³/mol. The Hall–Kier alpha value is -1.12. The quantitative estimate of drug-likeness (QED) is 0.477. The highest BCUT2D eigenvalue weighted by Gasteiger charge is 2.78. The zero-order valence-electron chi connectivity index (χ0n) is 16.1. The van der Waals surface area contributed by atoms with Gasteiger partial charge in [-0.2, -0.15) is 0 Å². The van der Waals surface area contributed by atoms with E-state index in [2.05, 4.69) is 19.9 Å². The lowest BCUT2D eigenvalue weighted by molar-refractivity contribution is -0.175. The fourth-order valence-electron chi connectivity index (χ4n) is 8.84. The van der Waals surface area contributed by atoms with E-state index in [0.717, 1.165) is 43.4 Å². The van der Waals surface area contributed by atoms with Gasteiger partial charge < -0.3 is 4.74 Å². The molecule has 140 valence electrons. The van der Waals surface area contributed by atoms with Crippen LogP contribution in [0.1, 0.15) is 71.6 Å². The van der Waals surface area contributed by atoms with Crippen LogP contribution in [0.5, 0.6) is 0 Å². The highest BCUT2D eigenvalue weighted by molar-refractivity contribution is 5.82. The van der Waals surface area contributed by atoms with Crippen LogP contribution in [-0.4, -0.2) is 17.4 Å². The summed E-state index contributed by atoms with van der Waals surface area (Å²) in [4.78, 5) is 24.1. The lowest BCUT2D eigenvalue weighted by atomic mass is 9.46. The number of hydrogen-bond acceptors (Lipinski definition) is 3. The third kappa shape index (κ3) is 1.63. The van der Waals surface area contributed by atoms with Crippen molar-refractivity contribution < 1.29 is 14.3 Å². The van der Waals surface area contributed by atoms with Crippen molar-refractivity contribution in [1.29, 1.82) is 0 Å². The first-order valence-corrected chi connectivity index (χ1v) is 10.8. The van der Waals surface area contributed by atoms with Crippen LogP contribution in [0.4, 0.5) is 0 Å². The zero-order chi connectivity index (χ0) is 17.9. The molecule has 26 heavy (non-hydrogen) atoms. The molecule has 0 bridgehead atoms. The number of ether oxygens (including phenoxy) is 1. The van der Waals surface area contributed by atoms with Crippen LogP contribution in [-0.2, 0) is 14.3 Å². The van der Waals surface area contributed by atoms with Gasteiger partial charge in [-0.3, -0.25) is 9.59 Å². The lowest BCUT2D eigenvalue weighted by Crippen LogP contribution is -2.56. The van der Waals surface area contributed by atoms with E-state index in [1.807, 2.05) is 0 Å². The second-order valence-electron chi connectivity index (χ2n) is 10.7. The van der Waals surface area contributed by atoms with Gasteiger partial charge in [0.15, 0.2) is 0 Å². The van der Waals surface area contributed by atoms with Crippen molar-refractivity contribution in [2.24, 2.45) is 40.4 Å². The van der Waals surface area contributed by atoms with Crippen LogP contribution in [0, 0.1) is 40.4 Å². The molecule has 3 heteroatoms. The molecule has 1 aliphatic heterocycles. The highest BCUT2D eigenvalue weighted by atomic mass is 16.6. The molecule has 0 radical (unpaired) electrons. The first kappa shape index (κ1) is 15.9. The molecule has 8 atom stereocenters. The van der Waals surface area contributed by atoms with Crippen molar-refractivity contribution in [2.75, 3.05) is 0 Å². The molecular formula is C23H30O3. The van der Waals surface area contributed by atoms with Gasteiger partial charge in [-0.25, -0.2) is 0 Å². The van der Waals surface area contributed by atoms with Crippen LogP contribution in [0.3, 0.4) is 0 Å². The first-order valence-electron chi connectivity index (χ1n) is 10.8. The summed E-state index contributed by atoms with van der Waals surface area (Å²) < 4.78 is 6.16. The molecular weight excluding hydrogens is 324 g/mol. The van der Waals surface area contributed by atoms with Crippen molar-refractivity contribution in [1.82, 2.24) is 0 Å². The average Bonchev–Trinajstić information content (AvgIpc) is 3.24. The molecule has 0 aromatic carbocycles. The zero-order valence-corrected chi connectivity index (χ0v) is 16.1. The van der Waals surface area contributed by atoms with Gasteiger partial charge in [0, 0.05) is 30.6 Å². The average molecular weight is 354 g/mol. The van der Waals surface area contributed by atoms with Crippen LogP contribution >= 0.6 is 0 Å². The van der Waals surface area contributed by atoms with E-state index in [9.17, 15) is 9.59 Å². The molecule has 0 amide bonds. The van der Waals surface area contributed by atoms with Crippen LogP contribution in [0.15, 0.2) is 11.6 Å². The maximum Gasteiger partial charge on any atom is 0.306 e. The number of hydrogen-bond donors (Lipinski definition) is 0. The molecule has 0 N–H and O–H groups in total. The summed E-state index contributed by atoms with van der Waals surface area (Å²) in [5.41, 5.74) is 1.73. The van der Waals surface area contributed by atoms with Gasteiger partial charge in [-0.1, -0.05) is 25.5 Å². The highest BCUT2D eigenvalue weighted by Crippen LogP contribution is 2.79. The smallest absolute Gasteiger partial charge is 0.306 e. The van der Waals surface area contributed by atoms with Gasteiger partial charge in [0.2, 0.25) is 0 Å². The summed E-state index contributed by atoms with van der Waals surface area (Å²) in [6, 6.07) is 0. The Balaban J connectivity index is 1.40. The number of rotatable bonds is 0. The number of allylic oxidation sites excluding steroid dienone is 2. The van der Waals surface area contributed by atoms with E-state index in [1.54, 1.807) is 0 Å². The Kier molecular flexibility index (Phi) is 2.84. The summed E-state index contributed by atoms with van der Waals surface area (Å²) in [6.07, 6.45) is 11.5. The normalized spacial score (nSPS) is 57.0. The number of carbonyl (C=O) groups excluding carboxylic acids is 2. The summed E-state index contributed by atoms with van der Waals surface area (Å²) >= 11 is 0. The number of fused-ring (bicyclic) bond motifs is 9. The third-order valence-electron chi connectivity index (χ3n) is 10.1. The largest absolute Gasteiger partial charge is 0.458 e. The molecule has 5 fully saturated rings. The monoisotopic (exact) mass is 354 g/mol. The minimum atomic E-state index is -0.141. The standard InChI is InChI=1S/C23H30O3/c1-21-8-5-14(24)11-13(21)3-4-15-17(21)6-9-22(2)20(15)16-12-18(16)23(22)10-7-19(25)26-23/h3,15-18,20H,4-12H2,1-2H3/t15?,16?,17?,18?,20?,21-,22-,23-/m0/s1. The molecule has 0 aromatic rings. The second-order valence-corrected chi connectivity index (χ2v) is 10.7. The minimum absolute atomic E-state index is 0.0447. The van der Waals surface area contributed by atoms with Crippen LogP contribution in [0.25, 0.3) is 0 Å². The molecule has 4 saturated carbocycles. The van der Waals surface area contributed by atoms with E-state index in [-0.39, 0.29) is 22.4 Å². The summed E-state index contributed by atoms with van der Waals surface area (Å²) in [7, 11) is 0. The molecule has 6 rings (SSSR count). The second kappa shape index (κ2) is 4.64. The topological polar surface area (TPSA) is 43.4 Å². The van der Waals surface area contributed by atoms with E-state index in [4.69, 9.17) is 4.74 Å². The van der Waals surface area contributed by atoms with Crippen molar-refractivity contribution >= 4 is 11.8 Å². The lowest BCUT2D eigenvalue weighted by Gasteiger charge is -2.59. The van der Waals surface area contributed by atoms with Crippen molar-refractivity contribution in [3.63, 3.8) is 0 Å². The Morgan fingerprint density at radius 2 is 1.88 bits per heavy atom. The van der Waals surface area contributed by atoms with E-state index in [0.29, 0.717) is 30.5 Å². The molecule has 0 aromatic heterocycles.